The lowest BCUT2D eigenvalue weighted by Gasteiger charge is -2.34. The second-order valence-corrected chi connectivity index (χ2v) is 6.58. The summed E-state index contributed by atoms with van der Waals surface area (Å²) in [5, 5.41) is 2.79. The molecule has 6 nitrogen and oxygen atoms in total. The molecule has 132 valence electrons. The third-order valence-electron chi connectivity index (χ3n) is 4.20. The van der Waals surface area contributed by atoms with E-state index in [0.717, 1.165) is 37.2 Å². The topological polar surface area (TPSA) is 61.9 Å². The fraction of sp³-hybridized carbons (Fsp3) is 0.529. The van der Waals surface area contributed by atoms with Gasteiger partial charge in [0.25, 0.3) is 5.91 Å². The minimum absolute atomic E-state index is 0.0901. The van der Waals surface area contributed by atoms with E-state index in [2.05, 4.69) is 33.1 Å². The number of hydrogen-bond donors (Lipinski definition) is 1. The average molecular weight is 398 g/mol. The fourth-order valence-electron chi connectivity index (χ4n) is 2.71. The molecule has 24 heavy (non-hydrogen) atoms. The number of ether oxygens (including phenoxy) is 1. The molecule has 2 amide bonds. The van der Waals surface area contributed by atoms with Gasteiger partial charge in [-0.2, -0.15) is 0 Å². The number of benzene rings is 1. The SMILES string of the molecule is CCN1CCN(C(=O)CCNC(=O)c2cc(Br)ccc2OC)CC1. The molecule has 2 rings (SSSR count). The zero-order valence-electron chi connectivity index (χ0n) is 14.2. The van der Waals surface area contributed by atoms with Crippen LogP contribution >= 0.6 is 15.9 Å². The molecule has 1 aliphatic rings. The van der Waals surface area contributed by atoms with Crippen molar-refractivity contribution in [3.8, 4) is 5.75 Å². The highest BCUT2D eigenvalue weighted by Crippen LogP contribution is 2.22. The van der Waals surface area contributed by atoms with Crippen LogP contribution in [-0.2, 0) is 4.79 Å². The Balaban J connectivity index is 1.80. The molecule has 0 radical (unpaired) electrons. The maximum absolute atomic E-state index is 12.3. The molecular formula is C17H24BrN3O3. The molecule has 0 aromatic heterocycles. The maximum Gasteiger partial charge on any atom is 0.255 e. The van der Waals surface area contributed by atoms with Gasteiger partial charge in [-0.15, -0.1) is 0 Å². The molecule has 1 heterocycles. The Bertz CT molecular complexity index is 586. The summed E-state index contributed by atoms with van der Waals surface area (Å²) >= 11 is 3.35. The first-order valence-corrected chi connectivity index (χ1v) is 8.96. The summed E-state index contributed by atoms with van der Waals surface area (Å²) in [6.07, 6.45) is 0.314. The molecule has 0 unspecified atom stereocenters. The van der Waals surface area contributed by atoms with Crippen molar-refractivity contribution in [1.29, 1.82) is 0 Å². The number of nitrogens with zero attached hydrogens (tertiary/aromatic N) is 2. The molecule has 1 saturated heterocycles. The molecule has 0 aliphatic carbocycles. The first-order chi connectivity index (χ1) is 11.5. The number of amides is 2. The van der Waals surface area contributed by atoms with Crippen LogP contribution in [0.15, 0.2) is 22.7 Å². The van der Waals surface area contributed by atoms with Crippen LogP contribution in [0.25, 0.3) is 0 Å². The van der Waals surface area contributed by atoms with Gasteiger partial charge in [-0.05, 0) is 24.7 Å². The number of hydrogen-bond acceptors (Lipinski definition) is 4. The summed E-state index contributed by atoms with van der Waals surface area (Å²) in [7, 11) is 1.53. The van der Waals surface area contributed by atoms with E-state index < -0.39 is 0 Å². The smallest absolute Gasteiger partial charge is 0.255 e. The predicted molar refractivity (Wildman–Crippen MR) is 96.3 cm³/mol. The van der Waals surface area contributed by atoms with Gasteiger partial charge in [-0.1, -0.05) is 22.9 Å². The second kappa shape index (κ2) is 9.03. The standard InChI is InChI=1S/C17H24BrN3O3/c1-3-20-8-10-21(11-9-20)16(22)6-7-19-17(23)14-12-13(18)4-5-15(14)24-2/h4-5,12H,3,6-11H2,1-2H3,(H,19,23). The van der Waals surface area contributed by atoms with E-state index in [1.54, 1.807) is 12.1 Å². The van der Waals surface area contributed by atoms with Crippen molar-refractivity contribution in [2.45, 2.75) is 13.3 Å². The Hall–Kier alpha value is -1.60. The quantitative estimate of drug-likeness (QED) is 0.793. The monoisotopic (exact) mass is 397 g/mol. The summed E-state index contributed by atoms with van der Waals surface area (Å²) < 4.78 is 6.01. The van der Waals surface area contributed by atoms with E-state index in [1.807, 2.05) is 11.0 Å². The number of methoxy groups -OCH3 is 1. The van der Waals surface area contributed by atoms with E-state index in [-0.39, 0.29) is 11.8 Å². The second-order valence-electron chi connectivity index (χ2n) is 5.67. The van der Waals surface area contributed by atoms with Crippen molar-refractivity contribution < 1.29 is 14.3 Å². The molecule has 1 aromatic carbocycles. The molecule has 1 aliphatic heterocycles. The van der Waals surface area contributed by atoms with Gasteiger partial charge in [0, 0.05) is 43.6 Å². The minimum Gasteiger partial charge on any atom is -0.496 e. The summed E-state index contributed by atoms with van der Waals surface area (Å²) in [5.41, 5.74) is 0.455. The average Bonchev–Trinajstić information content (AvgIpc) is 2.61. The Morgan fingerprint density at radius 1 is 1.25 bits per heavy atom. The van der Waals surface area contributed by atoms with Gasteiger partial charge in [-0.3, -0.25) is 9.59 Å². The van der Waals surface area contributed by atoms with Crippen molar-refractivity contribution >= 4 is 27.7 Å². The lowest BCUT2D eigenvalue weighted by atomic mass is 10.2. The van der Waals surface area contributed by atoms with Crippen LogP contribution in [0.3, 0.4) is 0 Å². The van der Waals surface area contributed by atoms with Gasteiger partial charge in [0.2, 0.25) is 5.91 Å². The first kappa shape index (κ1) is 18.7. The van der Waals surface area contributed by atoms with E-state index in [1.165, 1.54) is 7.11 Å². The van der Waals surface area contributed by atoms with Gasteiger partial charge in [-0.25, -0.2) is 0 Å². The largest absolute Gasteiger partial charge is 0.496 e. The summed E-state index contributed by atoms with van der Waals surface area (Å²) in [5.74, 6) is 0.363. The number of piperazine rings is 1. The zero-order valence-corrected chi connectivity index (χ0v) is 15.8. The van der Waals surface area contributed by atoms with Gasteiger partial charge >= 0.3 is 0 Å². The van der Waals surface area contributed by atoms with Gasteiger partial charge in [0.15, 0.2) is 0 Å². The van der Waals surface area contributed by atoms with Crippen LogP contribution in [0, 0.1) is 0 Å². The molecule has 0 bridgehead atoms. The van der Waals surface area contributed by atoms with Crippen molar-refractivity contribution in [2.24, 2.45) is 0 Å². The van der Waals surface area contributed by atoms with E-state index in [9.17, 15) is 9.59 Å². The highest BCUT2D eigenvalue weighted by Gasteiger charge is 2.20. The first-order valence-electron chi connectivity index (χ1n) is 8.17. The van der Waals surface area contributed by atoms with Crippen LogP contribution in [-0.4, -0.2) is 68.0 Å². The summed E-state index contributed by atoms with van der Waals surface area (Å²) in [4.78, 5) is 28.7. The molecule has 0 atom stereocenters. The number of carbonyl (C=O) groups is 2. The Labute approximate surface area is 151 Å². The van der Waals surface area contributed by atoms with E-state index in [0.29, 0.717) is 24.3 Å². The third-order valence-corrected chi connectivity index (χ3v) is 4.70. The highest BCUT2D eigenvalue weighted by molar-refractivity contribution is 9.10. The lowest BCUT2D eigenvalue weighted by Crippen LogP contribution is -2.49. The van der Waals surface area contributed by atoms with Crippen molar-refractivity contribution in [3.63, 3.8) is 0 Å². The normalized spacial score (nSPS) is 15.2. The molecule has 1 fully saturated rings. The van der Waals surface area contributed by atoms with Gasteiger partial charge in [0.05, 0.1) is 12.7 Å². The molecular weight excluding hydrogens is 374 g/mol. The van der Waals surface area contributed by atoms with Gasteiger partial charge < -0.3 is 19.9 Å². The van der Waals surface area contributed by atoms with Crippen molar-refractivity contribution in [2.75, 3.05) is 46.4 Å². The van der Waals surface area contributed by atoms with E-state index in [4.69, 9.17) is 4.74 Å². The number of halogens is 1. The van der Waals surface area contributed by atoms with Crippen LogP contribution in [0.2, 0.25) is 0 Å². The Morgan fingerprint density at radius 3 is 2.58 bits per heavy atom. The van der Waals surface area contributed by atoms with Crippen LogP contribution in [0.5, 0.6) is 5.75 Å². The number of carbonyl (C=O) groups excluding carboxylic acids is 2. The fourth-order valence-corrected chi connectivity index (χ4v) is 3.07. The molecule has 1 N–H and O–H groups in total. The summed E-state index contributed by atoms with van der Waals surface area (Å²) in [6, 6.07) is 5.26. The van der Waals surface area contributed by atoms with Crippen LogP contribution < -0.4 is 10.1 Å². The highest BCUT2D eigenvalue weighted by atomic mass is 79.9. The van der Waals surface area contributed by atoms with Crippen molar-refractivity contribution in [3.05, 3.63) is 28.2 Å². The Kier molecular flexibility index (Phi) is 7.05. The molecule has 0 saturated carbocycles. The summed E-state index contributed by atoms with van der Waals surface area (Å²) in [6.45, 7) is 6.84. The lowest BCUT2D eigenvalue weighted by molar-refractivity contribution is -0.132. The molecule has 0 spiro atoms. The number of rotatable bonds is 6. The minimum atomic E-state index is -0.239. The van der Waals surface area contributed by atoms with E-state index >= 15 is 0 Å². The van der Waals surface area contributed by atoms with Crippen LogP contribution in [0.1, 0.15) is 23.7 Å². The van der Waals surface area contributed by atoms with Crippen LogP contribution in [0.4, 0.5) is 0 Å². The van der Waals surface area contributed by atoms with Gasteiger partial charge in [0.1, 0.15) is 5.75 Å². The number of nitrogens with one attached hydrogen (secondary N) is 1. The zero-order chi connectivity index (χ0) is 17.5. The number of likely N-dealkylation sites (N-methyl/N-ethyl adjacent to an activating group) is 1. The maximum atomic E-state index is 12.3. The third kappa shape index (κ3) is 4.95. The molecule has 7 heteroatoms. The Morgan fingerprint density at radius 2 is 1.96 bits per heavy atom. The predicted octanol–water partition coefficient (Wildman–Crippen LogP) is 1.74. The molecule has 1 aromatic rings. The van der Waals surface area contributed by atoms with Crippen molar-refractivity contribution in [1.82, 2.24) is 15.1 Å².